The molecule has 1 atom stereocenters. The third kappa shape index (κ3) is 4.18. The van der Waals surface area contributed by atoms with Crippen LogP contribution in [0.25, 0.3) is 0 Å². The van der Waals surface area contributed by atoms with Crippen LogP contribution in [-0.4, -0.2) is 19.8 Å². The Morgan fingerprint density at radius 1 is 1.33 bits per heavy atom. The fourth-order valence-electron chi connectivity index (χ4n) is 1.64. The lowest BCUT2D eigenvalue weighted by Crippen LogP contribution is -2.24. The molecule has 1 aromatic carbocycles. The smallest absolute Gasteiger partial charge is 0.165 e. The minimum Gasteiger partial charge on any atom is -0.493 e. The average Bonchev–Trinajstić information content (AvgIpc) is 2.38. The Labute approximate surface area is 118 Å². The van der Waals surface area contributed by atoms with Gasteiger partial charge in [0.05, 0.1) is 13.7 Å². The second-order valence-electron chi connectivity index (χ2n) is 4.22. The highest BCUT2D eigenvalue weighted by Gasteiger charge is 2.12. The van der Waals surface area contributed by atoms with E-state index in [1.54, 1.807) is 7.11 Å². The van der Waals surface area contributed by atoms with Gasteiger partial charge in [-0.2, -0.15) is 0 Å². The molecule has 0 radical (unpaired) electrons. The van der Waals surface area contributed by atoms with Crippen molar-refractivity contribution in [2.45, 2.75) is 39.8 Å². The Hall–Kier alpha value is -0.740. The molecular weight excluding hydrogens is 294 g/mol. The number of hydrogen-bond donors (Lipinski definition) is 1. The number of halogens is 1. The van der Waals surface area contributed by atoms with Crippen LogP contribution in [0.2, 0.25) is 0 Å². The van der Waals surface area contributed by atoms with Crippen LogP contribution in [0, 0.1) is 0 Å². The van der Waals surface area contributed by atoms with E-state index in [4.69, 9.17) is 9.47 Å². The predicted octanol–water partition coefficient (Wildman–Crippen LogP) is 3.74. The number of nitrogens with one attached hydrogen (secondary N) is 1. The average molecular weight is 316 g/mol. The molecule has 1 N–H and O–H groups in total. The molecule has 0 aliphatic heterocycles. The summed E-state index contributed by atoms with van der Waals surface area (Å²) in [5.41, 5.74) is 1.11. The van der Waals surface area contributed by atoms with E-state index in [9.17, 15) is 0 Å². The van der Waals surface area contributed by atoms with Gasteiger partial charge in [-0.1, -0.05) is 22.9 Å². The molecule has 0 aliphatic carbocycles. The van der Waals surface area contributed by atoms with Crippen LogP contribution in [-0.2, 0) is 6.54 Å². The summed E-state index contributed by atoms with van der Waals surface area (Å²) < 4.78 is 12.1. The lowest BCUT2D eigenvalue weighted by atomic mass is 10.1. The SMILES string of the molecule is CCOc1c(CN[C@@H](C)CC)cc(Br)cc1OC. The van der Waals surface area contributed by atoms with Crippen LogP contribution < -0.4 is 14.8 Å². The topological polar surface area (TPSA) is 30.5 Å². The van der Waals surface area contributed by atoms with Gasteiger partial charge in [0, 0.05) is 22.6 Å². The quantitative estimate of drug-likeness (QED) is 0.831. The van der Waals surface area contributed by atoms with Gasteiger partial charge < -0.3 is 14.8 Å². The largest absolute Gasteiger partial charge is 0.493 e. The van der Waals surface area contributed by atoms with Crippen LogP contribution in [0.4, 0.5) is 0 Å². The molecule has 0 saturated carbocycles. The van der Waals surface area contributed by atoms with Crippen molar-refractivity contribution < 1.29 is 9.47 Å². The Balaban J connectivity index is 2.95. The molecule has 4 heteroatoms. The standard InChI is InChI=1S/C14H22BrNO2/c1-5-10(3)16-9-11-7-12(15)8-13(17-4)14(11)18-6-2/h7-8,10,16H,5-6,9H2,1-4H3/t10-/m0/s1. The zero-order valence-corrected chi connectivity index (χ0v) is 13.1. The molecule has 0 unspecified atom stereocenters. The summed E-state index contributed by atoms with van der Waals surface area (Å²) in [5, 5.41) is 3.47. The third-order valence-corrected chi connectivity index (χ3v) is 3.32. The van der Waals surface area contributed by atoms with E-state index >= 15 is 0 Å². The van der Waals surface area contributed by atoms with Gasteiger partial charge in [-0.25, -0.2) is 0 Å². The van der Waals surface area contributed by atoms with Gasteiger partial charge in [-0.15, -0.1) is 0 Å². The van der Waals surface area contributed by atoms with Gasteiger partial charge >= 0.3 is 0 Å². The van der Waals surface area contributed by atoms with Gasteiger partial charge in [-0.05, 0) is 32.4 Å². The maximum atomic E-state index is 5.69. The van der Waals surface area contributed by atoms with Crippen molar-refractivity contribution in [2.75, 3.05) is 13.7 Å². The second-order valence-corrected chi connectivity index (χ2v) is 5.14. The van der Waals surface area contributed by atoms with Crippen molar-refractivity contribution in [1.82, 2.24) is 5.32 Å². The highest BCUT2D eigenvalue weighted by Crippen LogP contribution is 2.34. The summed E-state index contributed by atoms with van der Waals surface area (Å²) in [6.07, 6.45) is 1.11. The van der Waals surface area contributed by atoms with Crippen molar-refractivity contribution in [3.8, 4) is 11.5 Å². The lowest BCUT2D eigenvalue weighted by molar-refractivity contribution is 0.306. The number of hydrogen-bond acceptors (Lipinski definition) is 3. The van der Waals surface area contributed by atoms with Crippen LogP contribution in [0.3, 0.4) is 0 Å². The molecular formula is C14H22BrNO2. The molecule has 1 rings (SSSR count). The molecule has 102 valence electrons. The first kappa shape index (κ1) is 15.3. The van der Waals surface area contributed by atoms with E-state index in [0.717, 1.165) is 34.5 Å². The Morgan fingerprint density at radius 2 is 2.06 bits per heavy atom. The highest BCUT2D eigenvalue weighted by atomic mass is 79.9. The zero-order valence-electron chi connectivity index (χ0n) is 11.5. The minimum atomic E-state index is 0.490. The molecule has 0 bridgehead atoms. The third-order valence-electron chi connectivity index (χ3n) is 2.86. The van der Waals surface area contributed by atoms with Gasteiger partial charge in [0.2, 0.25) is 0 Å². The molecule has 18 heavy (non-hydrogen) atoms. The fourth-order valence-corrected chi connectivity index (χ4v) is 2.13. The summed E-state index contributed by atoms with van der Waals surface area (Å²) in [5.74, 6) is 1.60. The molecule has 0 amide bonds. The van der Waals surface area contributed by atoms with Gasteiger partial charge in [0.25, 0.3) is 0 Å². The summed E-state index contributed by atoms with van der Waals surface area (Å²) >= 11 is 3.50. The van der Waals surface area contributed by atoms with Crippen molar-refractivity contribution in [3.05, 3.63) is 22.2 Å². The lowest BCUT2D eigenvalue weighted by Gasteiger charge is -2.17. The van der Waals surface area contributed by atoms with Crippen molar-refractivity contribution >= 4 is 15.9 Å². The minimum absolute atomic E-state index is 0.490. The number of benzene rings is 1. The molecule has 0 fully saturated rings. The number of methoxy groups -OCH3 is 1. The van der Waals surface area contributed by atoms with E-state index in [1.165, 1.54) is 0 Å². The monoisotopic (exact) mass is 315 g/mol. The molecule has 0 saturated heterocycles. The van der Waals surface area contributed by atoms with E-state index in [0.29, 0.717) is 12.6 Å². The summed E-state index contributed by atoms with van der Waals surface area (Å²) in [6, 6.07) is 4.49. The molecule has 0 spiro atoms. The Kier molecular flexibility index (Phi) is 6.50. The molecule has 0 heterocycles. The van der Waals surface area contributed by atoms with Crippen molar-refractivity contribution in [3.63, 3.8) is 0 Å². The second kappa shape index (κ2) is 7.64. The molecule has 3 nitrogen and oxygen atoms in total. The number of ether oxygens (including phenoxy) is 2. The molecule has 1 aromatic rings. The van der Waals surface area contributed by atoms with Gasteiger partial charge in [0.15, 0.2) is 11.5 Å². The molecule has 0 aliphatic rings. The fraction of sp³-hybridized carbons (Fsp3) is 0.571. The van der Waals surface area contributed by atoms with Crippen molar-refractivity contribution in [2.24, 2.45) is 0 Å². The normalized spacial score (nSPS) is 12.3. The molecule has 0 aromatic heterocycles. The maximum absolute atomic E-state index is 5.69. The summed E-state index contributed by atoms with van der Waals surface area (Å²) in [7, 11) is 1.66. The van der Waals surface area contributed by atoms with Crippen LogP contribution in [0.15, 0.2) is 16.6 Å². The first-order valence-corrected chi connectivity index (χ1v) is 7.14. The van der Waals surface area contributed by atoms with Gasteiger partial charge in [-0.3, -0.25) is 0 Å². The maximum Gasteiger partial charge on any atom is 0.165 e. The Morgan fingerprint density at radius 3 is 2.61 bits per heavy atom. The first-order chi connectivity index (χ1) is 8.62. The Bertz CT molecular complexity index is 382. The zero-order chi connectivity index (χ0) is 13.5. The van der Waals surface area contributed by atoms with Crippen molar-refractivity contribution in [1.29, 1.82) is 0 Å². The predicted molar refractivity (Wildman–Crippen MR) is 78.5 cm³/mol. The first-order valence-electron chi connectivity index (χ1n) is 6.34. The van der Waals surface area contributed by atoms with E-state index in [-0.39, 0.29) is 0 Å². The summed E-state index contributed by atoms with van der Waals surface area (Å²) in [6.45, 7) is 7.74. The van der Waals surface area contributed by atoms with Gasteiger partial charge in [0.1, 0.15) is 0 Å². The van der Waals surface area contributed by atoms with E-state index in [2.05, 4.69) is 41.2 Å². The van der Waals surface area contributed by atoms with E-state index in [1.807, 2.05) is 13.0 Å². The number of rotatable bonds is 7. The van der Waals surface area contributed by atoms with Crippen LogP contribution >= 0.6 is 15.9 Å². The van der Waals surface area contributed by atoms with Crippen LogP contribution in [0.5, 0.6) is 11.5 Å². The van der Waals surface area contributed by atoms with E-state index < -0.39 is 0 Å². The van der Waals surface area contributed by atoms with Crippen LogP contribution in [0.1, 0.15) is 32.8 Å². The highest BCUT2D eigenvalue weighted by molar-refractivity contribution is 9.10. The summed E-state index contributed by atoms with van der Waals surface area (Å²) in [4.78, 5) is 0.